The van der Waals surface area contributed by atoms with Crippen molar-refractivity contribution in [2.75, 3.05) is 6.54 Å². The van der Waals surface area contributed by atoms with Gasteiger partial charge in [-0.05, 0) is 36.5 Å². The van der Waals surface area contributed by atoms with Crippen LogP contribution in [0, 0.1) is 5.92 Å². The number of aromatic nitrogens is 1. The molecule has 0 fully saturated rings. The lowest BCUT2D eigenvalue weighted by Crippen LogP contribution is -2.51. The monoisotopic (exact) mass is 369 g/mol. The Kier molecular flexibility index (Phi) is 8.45. The second kappa shape index (κ2) is 10.8. The van der Waals surface area contributed by atoms with Crippen LogP contribution < -0.4 is 10.6 Å². The Hall–Kier alpha value is -2.22. The molecule has 0 saturated heterocycles. The molecule has 2 rings (SSSR count). The van der Waals surface area contributed by atoms with Crippen molar-refractivity contribution in [2.45, 2.75) is 38.7 Å². The van der Waals surface area contributed by atoms with Gasteiger partial charge in [0.25, 0.3) is 5.91 Å². The third-order valence-corrected chi connectivity index (χ3v) is 4.27. The largest absolute Gasteiger partial charge is 0.469 e. The number of nitrogens with zero attached hydrogens (tertiary/aromatic N) is 1. The summed E-state index contributed by atoms with van der Waals surface area (Å²) in [6.07, 6.45) is 2.84. The van der Waals surface area contributed by atoms with Crippen LogP contribution in [0.25, 0.3) is 0 Å². The summed E-state index contributed by atoms with van der Waals surface area (Å²) in [5.41, 5.74) is 1.45. The Balaban J connectivity index is 2.05. The lowest BCUT2D eigenvalue weighted by Gasteiger charge is -2.24. The minimum Gasteiger partial charge on any atom is -0.426 e. The van der Waals surface area contributed by atoms with Gasteiger partial charge in [0, 0.05) is 24.7 Å². The maximum absolute atomic E-state index is 12.5. The summed E-state index contributed by atoms with van der Waals surface area (Å²) in [6.45, 7) is 4.48. The molecular weight excluding hydrogens is 341 g/mol. The molecule has 0 aliphatic heterocycles. The van der Waals surface area contributed by atoms with Crippen molar-refractivity contribution in [2.24, 2.45) is 5.92 Å². The Labute approximate surface area is 161 Å². The fourth-order valence-corrected chi connectivity index (χ4v) is 2.94. The fraction of sp³-hybridized carbons (Fsp3) is 0.400. The minimum absolute atomic E-state index is 0.213. The number of hydrogen-bond donors (Lipinski definition) is 4. The highest BCUT2D eigenvalue weighted by Crippen LogP contribution is 2.08. The maximum atomic E-state index is 12.5. The third kappa shape index (κ3) is 7.50. The van der Waals surface area contributed by atoms with Gasteiger partial charge < -0.3 is 20.7 Å². The number of rotatable bonds is 10. The number of hydrogen-bond acceptors (Lipinski definition) is 5. The second-order valence-corrected chi connectivity index (χ2v) is 7.13. The molecule has 1 heterocycles. The highest BCUT2D eigenvalue weighted by atomic mass is 16.4. The molecular formula is C20H28BN3O3. The number of nitrogens with one attached hydrogen (secondary N) is 2. The first-order chi connectivity index (χ1) is 13.0. The van der Waals surface area contributed by atoms with Crippen molar-refractivity contribution in [1.29, 1.82) is 0 Å². The zero-order valence-corrected chi connectivity index (χ0v) is 15.9. The van der Waals surface area contributed by atoms with E-state index >= 15 is 0 Å². The predicted molar refractivity (Wildman–Crippen MR) is 107 cm³/mol. The van der Waals surface area contributed by atoms with Crippen molar-refractivity contribution in [3.8, 4) is 0 Å². The van der Waals surface area contributed by atoms with Gasteiger partial charge in [0.2, 0.25) is 0 Å². The predicted octanol–water partition coefficient (Wildman–Crippen LogP) is 1.44. The van der Waals surface area contributed by atoms with Crippen LogP contribution in [0.1, 0.15) is 36.3 Å². The van der Waals surface area contributed by atoms with E-state index in [1.165, 1.54) is 0 Å². The highest BCUT2D eigenvalue weighted by molar-refractivity contribution is 6.43. The van der Waals surface area contributed by atoms with Crippen molar-refractivity contribution in [1.82, 2.24) is 15.6 Å². The highest BCUT2D eigenvalue weighted by Gasteiger charge is 2.25. The van der Waals surface area contributed by atoms with E-state index in [2.05, 4.69) is 15.6 Å². The zero-order chi connectivity index (χ0) is 19.6. The average molecular weight is 369 g/mol. The smallest absolute Gasteiger partial charge is 0.426 e. The standard InChI is InChI=1S/C20H28BN3O3/c1-15(2)12-19(21(26)27)23-14-17(13-16-8-4-3-5-9-16)24-20(25)18-10-6-7-11-22-18/h3-11,15,17,19,23,26-27H,12-14H2,1-2H3,(H,24,25)/t17?,19-/m0/s1. The van der Waals surface area contributed by atoms with E-state index in [-0.39, 0.29) is 11.9 Å². The van der Waals surface area contributed by atoms with E-state index in [9.17, 15) is 14.8 Å². The van der Waals surface area contributed by atoms with Crippen LogP contribution in [0.3, 0.4) is 0 Å². The number of pyridine rings is 1. The topological polar surface area (TPSA) is 94.5 Å². The molecule has 0 radical (unpaired) electrons. The summed E-state index contributed by atoms with van der Waals surface area (Å²) in [5.74, 6) is -0.377. The molecule has 1 unspecified atom stereocenters. The van der Waals surface area contributed by atoms with Gasteiger partial charge in [-0.3, -0.25) is 9.78 Å². The van der Waals surface area contributed by atoms with Gasteiger partial charge in [0.1, 0.15) is 5.69 Å². The number of benzene rings is 1. The zero-order valence-electron chi connectivity index (χ0n) is 15.9. The molecule has 6 nitrogen and oxygen atoms in total. The molecule has 0 aliphatic carbocycles. The minimum atomic E-state index is -1.45. The molecule has 1 aromatic carbocycles. The van der Waals surface area contributed by atoms with Crippen LogP contribution >= 0.6 is 0 Å². The Morgan fingerprint density at radius 2 is 1.81 bits per heavy atom. The first-order valence-corrected chi connectivity index (χ1v) is 9.31. The molecule has 0 spiro atoms. The summed E-state index contributed by atoms with van der Waals surface area (Å²) in [4.78, 5) is 16.6. The molecule has 0 aliphatic rings. The molecule has 0 bridgehead atoms. The maximum Gasteiger partial charge on any atom is 0.469 e. The van der Waals surface area contributed by atoms with Gasteiger partial charge >= 0.3 is 7.12 Å². The van der Waals surface area contributed by atoms with Gasteiger partial charge in [0.15, 0.2) is 0 Å². The van der Waals surface area contributed by atoms with E-state index in [1.807, 2.05) is 44.2 Å². The normalized spacial score (nSPS) is 13.2. The van der Waals surface area contributed by atoms with Gasteiger partial charge in [-0.2, -0.15) is 0 Å². The number of carbonyl (C=O) groups excluding carboxylic acids is 1. The molecule has 27 heavy (non-hydrogen) atoms. The second-order valence-electron chi connectivity index (χ2n) is 7.13. The average Bonchev–Trinajstić information content (AvgIpc) is 2.66. The fourth-order valence-electron chi connectivity index (χ4n) is 2.94. The Bertz CT molecular complexity index is 683. The van der Waals surface area contributed by atoms with E-state index in [0.29, 0.717) is 31.0 Å². The molecule has 0 saturated carbocycles. The molecule has 2 aromatic rings. The lowest BCUT2D eigenvalue weighted by atomic mass is 9.75. The van der Waals surface area contributed by atoms with Crippen LogP contribution in [-0.4, -0.2) is 46.6 Å². The molecule has 1 aromatic heterocycles. The summed E-state index contributed by atoms with van der Waals surface area (Å²) >= 11 is 0. The van der Waals surface area contributed by atoms with Gasteiger partial charge in [0.05, 0.1) is 0 Å². The molecule has 4 N–H and O–H groups in total. The number of carbonyl (C=O) groups is 1. The van der Waals surface area contributed by atoms with Gasteiger partial charge in [-0.1, -0.05) is 50.2 Å². The van der Waals surface area contributed by atoms with Crippen LogP contribution in [0.2, 0.25) is 0 Å². The van der Waals surface area contributed by atoms with E-state index in [1.54, 1.807) is 24.4 Å². The molecule has 7 heteroatoms. The molecule has 1 amide bonds. The van der Waals surface area contributed by atoms with E-state index in [0.717, 1.165) is 5.56 Å². The summed E-state index contributed by atoms with van der Waals surface area (Å²) in [5, 5.41) is 25.4. The van der Waals surface area contributed by atoms with Crippen molar-refractivity contribution >= 4 is 13.0 Å². The van der Waals surface area contributed by atoms with Crippen molar-refractivity contribution in [3.05, 3.63) is 66.0 Å². The van der Waals surface area contributed by atoms with E-state index in [4.69, 9.17) is 0 Å². The van der Waals surface area contributed by atoms with Gasteiger partial charge in [-0.25, -0.2) is 0 Å². The quantitative estimate of drug-likeness (QED) is 0.476. The third-order valence-electron chi connectivity index (χ3n) is 4.27. The van der Waals surface area contributed by atoms with E-state index < -0.39 is 13.1 Å². The number of amides is 1. The molecule has 2 atom stereocenters. The lowest BCUT2D eigenvalue weighted by molar-refractivity contribution is 0.0931. The van der Waals surface area contributed by atoms with Crippen LogP contribution in [0.5, 0.6) is 0 Å². The molecule has 144 valence electrons. The van der Waals surface area contributed by atoms with Crippen LogP contribution in [-0.2, 0) is 6.42 Å². The summed E-state index contributed by atoms with van der Waals surface area (Å²) in [6, 6.07) is 14.9. The SMILES string of the molecule is CC(C)C[C@H](NCC(Cc1ccccc1)NC(=O)c1ccccn1)B(O)O. The Morgan fingerprint density at radius 1 is 1.11 bits per heavy atom. The first-order valence-electron chi connectivity index (χ1n) is 9.31. The van der Waals surface area contributed by atoms with Crippen molar-refractivity contribution < 1.29 is 14.8 Å². The summed E-state index contributed by atoms with van der Waals surface area (Å²) < 4.78 is 0. The van der Waals surface area contributed by atoms with Gasteiger partial charge in [-0.15, -0.1) is 0 Å². The van der Waals surface area contributed by atoms with Crippen LogP contribution in [0.15, 0.2) is 54.7 Å². The Morgan fingerprint density at radius 3 is 2.41 bits per heavy atom. The first kappa shape index (κ1) is 21.1. The van der Waals surface area contributed by atoms with Crippen LogP contribution in [0.4, 0.5) is 0 Å². The summed E-state index contributed by atoms with van der Waals surface area (Å²) in [7, 11) is -1.45. The van der Waals surface area contributed by atoms with Crippen molar-refractivity contribution in [3.63, 3.8) is 0 Å².